The molecular weight excluding hydrogens is 534 g/mol. The highest BCUT2D eigenvalue weighted by Gasteiger charge is 2.33. The number of halogens is 1. The first-order valence-corrected chi connectivity index (χ1v) is 14.5. The Hall–Kier alpha value is -3.36. The lowest BCUT2D eigenvalue weighted by Gasteiger charge is -2.33. The third-order valence-electron chi connectivity index (χ3n) is 6.12. The van der Waals surface area contributed by atoms with Crippen LogP contribution in [-0.4, -0.2) is 43.3 Å². The molecule has 0 saturated heterocycles. The molecule has 2 amide bonds. The molecule has 0 heterocycles. The van der Waals surface area contributed by atoms with Crippen LogP contribution in [0.5, 0.6) is 0 Å². The van der Waals surface area contributed by atoms with Crippen LogP contribution in [-0.2, 0) is 26.2 Å². The third kappa shape index (κ3) is 8.07. The molecule has 1 N–H and O–H groups in total. The van der Waals surface area contributed by atoms with Crippen molar-refractivity contribution >= 4 is 39.1 Å². The number of benzene rings is 3. The molecule has 0 bridgehead atoms. The average molecular weight is 570 g/mol. The lowest BCUT2D eigenvalue weighted by molar-refractivity contribution is -0.140. The van der Waals surface area contributed by atoms with E-state index in [-0.39, 0.29) is 17.3 Å². The molecule has 0 unspecified atom stereocenters. The standard InChI is InChI=1S/C30H36ClN3O4S/c1-21-10-14-26(15-11-21)34(39(37,38)27-16-12-22(2)13-17-27)20-28(35)33(19-24-8-7-9-25(31)18-24)23(3)29(36)32-30(4,5)6/h7-18,23H,19-20H2,1-6H3,(H,32,36)/t23-/m1/s1. The van der Waals surface area contributed by atoms with Crippen molar-refractivity contribution in [3.05, 3.63) is 94.5 Å². The summed E-state index contributed by atoms with van der Waals surface area (Å²) in [5, 5.41) is 3.41. The number of nitrogens with one attached hydrogen (secondary N) is 1. The molecule has 0 aliphatic carbocycles. The van der Waals surface area contributed by atoms with Crippen molar-refractivity contribution in [1.29, 1.82) is 0 Å². The molecular formula is C30H36ClN3O4S. The zero-order chi connectivity index (χ0) is 29.0. The molecule has 0 fully saturated rings. The Bertz CT molecular complexity index is 1420. The first-order valence-electron chi connectivity index (χ1n) is 12.7. The van der Waals surface area contributed by atoms with Crippen LogP contribution in [0, 0.1) is 13.8 Å². The summed E-state index contributed by atoms with van der Waals surface area (Å²) < 4.78 is 28.8. The summed E-state index contributed by atoms with van der Waals surface area (Å²) in [6.07, 6.45) is 0. The van der Waals surface area contributed by atoms with Crippen LogP contribution < -0.4 is 9.62 Å². The van der Waals surface area contributed by atoms with Gasteiger partial charge in [-0.15, -0.1) is 0 Å². The fourth-order valence-electron chi connectivity index (χ4n) is 3.97. The fraction of sp³-hybridized carbons (Fsp3) is 0.333. The van der Waals surface area contributed by atoms with Crippen LogP contribution in [0.15, 0.2) is 77.7 Å². The second kappa shape index (κ2) is 12.2. The summed E-state index contributed by atoms with van der Waals surface area (Å²) in [5.41, 5.74) is 2.42. The number of rotatable bonds is 9. The van der Waals surface area contributed by atoms with Crippen LogP contribution in [0.3, 0.4) is 0 Å². The Kier molecular flexibility index (Phi) is 9.46. The molecule has 7 nitrogen and oxygen atoms in total. The van der Waals surface area contributed by atoms with E-state index in [1.165, 1.54) is 17.0 Å². The number of hydrogen-bond acceptors (Lipinski definition) is 4. The van der Waals surface area contributed by atoms with E-state index in [2.05, 4.69) is 5.32 Å². The Balaban J connectivity index is 2.03. The van der Waals surface area contributed by atoms with Crippen molar-refractivity contribution in [3.8, 4) is 0 Å². The molecule has 3 aromatic rings. The van der Waals surface area contributed by atoms with Gasteiger partial charge in [0.1, 0.15) is 12.6 Å². The van der Waals surface area contributed by atoms with Gasteiger partial charge in [-0.05, 0) is 83.5 Å². The average Bonchev–Trinajstić information content (AvgIpc) is 2.85. The van der Waals surface area contributed by atoms with Gasteiger partial charge in [-0.2, -0.15) is 0 Å². The number of aryl methyl sites for hydroxylation is 2. The number of hydrogen-bond donors (Lipinski definition) is 1. The lowest BCUT2D eigenvalue weighted by Crippen LogP contribution is -2.54. The Morgan fingerprint density at radius 3 is 2.03 bits per heavy atom. The van der Waals surface area contributed by atoms with Gasteiger partial charge in [0, 0.05) is 17.1 Å². The molecule has 0 aromatic heterocycles. The number of amides is 2. The van der Waals surface area contributed by atoms with Crippen molar-refractivity contribution in [2.24, 2.45) is 0 Å². The van der Waals surface area contributed by atoms with Crippen molar-refractivity contribution in [2.75, 3.05) is 10.8 Å². The predicted molar refractivity (Wildman–Crippen MR) is 156 cm³/mol. The van der Waals surface area contributed by atoms with Gasteiger partial charge in [0.2, 0.25) is 11.8 Å². The lowest BCUT2D eigenvalue weighted by atomic mass is 10.1. The van der Waals surface area contributed by atoms with Crippen LogP contribution in [0.25, 0.3) is 0 Å². The van der Waals surface area contributed by atoms with Crippen LogP contribution >= 0.6 is 11.6 Å². The van der Waals surface area contributed by atoms with Gasteiger partial charge in [-0.25, -0.2) is 8.42 Å². The number of sulfonamides is 1. The first-order chi connectivity index (χ1) is 18.2. The maximum atomic E-state index is 13.9. The highest BCUT2D eigenvalue weighted by Crippen LogP contribution is 2.25. The largest absolute Gasteiger partial charge is 0.350 e. The maximum Gasteiger partial charge on any atom is 0.264 e. The smallest absolute Gasteiger partial charge is 0.264 e. The number of carbonyl (C=O) groups excluding carboxylic acids is 2. The molecule has 208 valence electrons. The zero-order valence-electron chi connectivity index (χ0n) is 23.2. The number of carbonyl (C=O) groups is 2. The molecule has 0 saturated carbocycles. The summed E-state index contributed by atoms with van der Waals surface area (Å²) in [7, 11) is -4.10. The predicted octanol–water partition coefficient (Wildman–Crippen LogP) is 5.48. The highest BCUT2D eigenvalue weighted by atomic mass is 35.5. The summed E-state index contributed by atoms with van der Waals surface area (Å²) in [4.78, 5) is 28.5. The summed E-state index contributed by atoms with van der Waals surface area (Å²) in [5.74, 6) is -0.871. The fourth-order valence-corrected chi connectivity index (χ4v) is 5.59. The summed E-state index contributed by atoms with van der Waals surface area (Å²) >= 11 is 6.18. The van der Waals surface area contributed by atoms with Crippen LogP contribution in [0.4, 0.5) is 5.69 Å². The van der Waals surface area contributed by atoms with Crippen molar-refractivity contribution in [3.63, 3.8) is 0 Å². The minimum atomic E-state index is -4.10. The SMILES string of the molecule is Cc1ccc(N(CC(=O)N(Cc2cccc(Cl)c2)[C@H](C)C(=O)NC(C)(C)C)S(=O)(=O)c2ccc(C)cc2)cc1. The van der Waals surface area contributed by atoms with E-state index >= 15 is 0 Å². The number of nitrogens with zero attached hydrogens (tertiary/aromatic N) is 2. The van der Waals surface area contributed by atoms with Crippen LogP contribution in [0.1, 0.15) is 44.4 Å². The van der Waals surface area contributed by atoms with E-state index in [0.29, 0.717) is 10.7 Å². The van der Waals surface area contributed by atoms with E-state index in [1.54, 1.807) is 67.6 Å². The van der Waals surface area contributed by atoms with E-state index in [0.717, 1.165) is 21.0 Å². The maximum absolute atomic E-state index is 13.9. The van der Waals surface area contributed by atoms with E-state index in [1.807, 2.05) is 34.6 Å². The molecule has 0 spiro atoms. The molecule has 0 radical (unpaired) electrons. The highest BCUT2D eigenvalue weighted by molar-refractivity contribution is 7.92. The quantitative estimate of drug-likeness (QED) is 0.369. The minimum absolute atomic E-state index is 0.0707. The van der Waals surface area contributed by atoms with Gasteiger partial charge in [-0.1, -0.05) is 59.1 Å². The van der Waals surface area contributed by atoms with Gasteiger partial charge in [0.25, 0.3) is 10.0 Å². The van der Waals surface area contributed by atoms with Gasteiger partial charge < -0.3 is 10.2 Å². The molecule has 0 aliphatic heterocycles. The van der Waals surface area contributed by atoms with E-state index in [4.69, 9.17) is 11.6 Å². The van der Waals surface area contributed by atoms with Crippen LogP contribution in [0.2, 0.25) is 5.02 Å². The first kappa shape index (κ1) is 30.2. The van der Waals surface area contributed by atoms with Gasteiger partial charge in [0.05, 0.1) is 10.6 Å². The second-order valence-electron chi connectivity index (χ2n) is 10.7. The second-order valence-corrected chi connectivity index (χ2v) is 13.0. The Morgan fingerprint density at radius 1 is 0.923 bits per heavy atom. The normalized spacial score (nSPS) is 12.5. The Morgan fingerprint density at radius 2 is 1.49 bits per heavy atom. The van der Waals surface area contributed by atoms with Gasteiger partial charge in [-0.3, -0.25) is 13.9 Å². The summed E-state index contributed by atoms with van der Waals surface area (Å²) in [6.45, 7) is 10.5. The van der Waals surface area contributed by atoms with E-state index in [9.17, 15) is 18.0 Å². The summed E-state index contributed by atoms with van der Waals surface area (Å²) in [6, 6.07) is 19.5. The van der Waals surface area contributed by atoms with E-state index < -0.39 is 34.1 Å². The minimum Gasteiger partial charge on any atom is -0.350 e. The molecule has 9 heteroatoms. The molecule has 3 rings (SSSR count). The molecule has 3 aromatic carbocycles. The monoisotopic (exact) mass is 569 g/mol. The molecule has 39 heavy (non-hydrogen) atoms. The number of anilines is 1. The molecule has 1 atom stereocenters. The van der Waals surface area contributed by atoms with Gasteiger partial charge >= 0.3 is 0 Å². The van der Waals surface area contributed by atoms with Crippen molar-refractivity contribution in [1.82, 2.24) is 10.2 Å². The van der Waals surface area contributed by atoms with Crippen molar-refractivity contribution in [2.45, 2.75) is 64.6 Å². The third-order valence-corrected chi connectivity index (χ3v) is 8.14. The Labute approximate surface area is 236 Å². The van der Waals surface area contributed by atoms with Gasteiger partial charge in [0.15, 0.2) is 0 Å². The topological polar surface area (TPSA) is 86.8 Å². The zero-order valence-corrected chi connectivity index (χ0v) is 24.8. The molecule has 0 aliphatic rings. The van der Waals surface area contributed by atoms with Crippen molar-refractivity contribution < 1.29 is 18.0 Å².